The first-order chi connectivity index (χ1) is 12.7. The molecule has 5 nitrogen and oxygen atoms in total. The quantitative estimate of drug-likeness (QED) is 0.810. The molecule has 0 N–H and O–H groups in total. The van der Waals surface area contributed by atoms with Crippen LogP contribution in [0.1, 0.15) is 56.9 Å². The Labute approximate surface area is 156 Å². The van der Waals surface area contributed by atoms with E-state index in [9.17, 15) is 4.79 Å². The highest BCUT2D eigenvalue weighted by atomic mass is 16.6. The SMILES string of the molecule is O=C(CC1CCCC1)N1CCC2(CC1)CC(OCc1ccncc1)CO2. The summed E-state index contributed by atoms with van der Waals surface area (Å²) in [5.74, 6) is 0.988. The van der Waals surface area contributed by atoms with Crippen molar-refractivity contribution >= 4 is 5.91 Å². The molecule has 1 unspecified atom stereocenters. The molecule has 1 spiro atoms. The smallest absolute Gasteiger partial charge is 0.222 e. The Morgan fingerprint density at radius 1 is 1.23 bits per heavy atom. The highest BCUT2D eigenvalue weighted by Gasteiger charge is 2.43. The first kappa shape index (κ1) is 17.9. The maximum absolute atomic E-state index is 12.5. The molecule has 142 valence electrons. The Morgan fingerprint density at radius 3 is 2.69 bits per heavy atom. The zero-order valence-corrected chi connectivity index (χ0v) is 15.6. The van der Waals surface area contributed by atoms with Crippen LogP contribution in [0.4, 0.5) is 0 Å². The van der Waals surface area contributed by atoms with Crippen molar-refractivity contribution < 1.29 is 14.3 Å². The molecule has 3 fully saturated rings. The number of nitrogens with zero attached hydrogens (tertiary/aromatic N) is 2. The molecule has 1 aromatic rings. The van der Waals surface area contributed by atoms with Crippen LogP contribution < -0.4 is 0 Å². The van der Waals surface area contributed by atoms with Crippen molar-refractivity contribution in [1.82, 2.24) is 9.88 Å². The van der Waals surface area contributed by atoms with Gasteiger partial charge in [0.1, 0.15) is 0 Å². The lowest BCUT2D eigenvalue weighted by atomic mass is 9.87. The number of rotatable bonds is 5. The van der Waals surface area contributed by atoms with Crippen molar-refractivity contribution in [3.8, 4) is 0 Å². The van der Waals surface area contributed by atoms with Crippen molar-refractivity contribution in [3.05, 3.63) is 30.1 Å². The van der Waals surface area contributed by atoms with E-state index in [1.54, 1.807) is 12.4 Å². The second-order valence-corrected chi connectivity index (χ2v) is 8.22. The zero-order chi connectivity index (χ0) is 17.8. The van der Waals surface area contributed by atoms with Gasteiger partial charge in [-0.3, -0.25) is 9.78 Å². The van der Waals surface area contributed by atoms with Crippen molar-refractivity contribution in [3.63, 3.8) is 0 Å². The number of hydrogen-bond acceptors (Lipinski definition) is 4. The predicted molar refractivity (Wildman–Crippen MR) is 98.5 cm³/mol. The summed E-state index contributed by atoms with van der Waals surface area (Å²) in [6.07, 6.45) is 12.4. The Morgan fingerprint density at radius 2 is 1.96 bits per heavy atom. The molecule has 1 aromatic heterocycles. The van der Waals surface area contributed by atoms with Gasteiger partial charge in [-0.2, -0.15) is 0 Å². The third kappa shape index (κ3) is 4.26. The fourth-order valence-corrected chi connectivity index (χ4v) is 4.71. The average molecular weight is 358 g/mol. The van der Waals surface area contributed by atoms with Crippen LogP contribution >= 0.6 is 0 Å². The molecule has 1 aliphatic carbocycles. The van der Waals surface area contributed by atoms with E-state index in [4.69, 9.17) is 9.47 Å². The van der Waals surface area contributed by atoms with Gasteiger partial charge in [0.05, 0.1) is 24.9 Å². The molecular weight excluding hydrogens is 328 g/mol. The summed E-state index contributed by atoms with van der Waals surface area (Å²) in [6.45, 7) is 2.95. The Hall–Kier alpha value is -1.46. The lowest BCUT2D eigenvalue weighted by molar-refractivity contribution is -0.137. The molecule has 2 saturated heterocycles. The minimum absolute atomic E-state index is 0.0763. The van der Waals surface area contributed by atoms with Gasteiger partial charge in [0.15, 0.2) is 0 Å². The summed E-state index contributed by atoms with van der Waals surface area (Å²) in [5.41, 5.74) is 1.07. The lowest BCUT2D eigenvalue weighted by Crippen LogP contribution is -2.46. The minimum atomic E-state index is -0.0763. The number of piperidine rings is 1. The van der Waals surface area contributed by atoms with Crippen LogP contribution in [0, 0.1) is 5.92 Å². The third-order valence-electron chi connectivity index (χ3n) is 6.38. The van der Waals surface area contributed by atoms with E-state index in [0.717, 1.165) is 44.3 Å². The summed E-state index contributed by atoms with van der Waals surface area (Å²) in [5, 5.41) is 0. The van der Waals surface area contributed by atoms with Gasteiger partial charge in [0.25, 0.3) is 0 Å². The Bertz CT molecular complexity index is 593. The van der Waals surface area contributed by atoms with Gasteiger partial charge in [0, 0.05) is 38.3 Å². The van der Waals surface area contributed by atoms with E-state index < -0.39 is 0 Å². The molecule has 3 heterocycles. The summed E-state index contributed by atoms with van der Waals surface area (Å²) in [6, 6.07) is 3.97. The summed E-state index contributed by atoms with van der Waals surface area (Å²) >= 11 is 0. The molecular formula is C21H30N2O3. The molecule has 0 aromatic carbocycles. The van der Waals surface area contributed by atoms with Crippen LogP contribution in [0.25, 0.3) is 0 Å². The molecule has 26 heavy (non-hydrogen) atoms. The number of carbonyl (C=O) groups excluding carboxylic acids is 1. The third-order valence-corrected chi connectivity index (χ3v) is 6.38. The van der Waals surface area contributed by atoms with Crippen molar-refractivity contribution in [2.24, 2.45) is 5.92 Å². The van der Waals surface area contributed by atoms with E-state index in [2.05, 4.69) is 9.88 Å². The van der Waals surface area contributed by atoms with E-state index in [-0.39, 0.29) is 11.7 Å². The van der Waals surface area contributed by atoms with Gasteiger partial charge < -0.3 is 14.4 Å². The second-order valence-electron chi connectivity index (χ2n) is 8.22. The first-order valence-electron chi connectivity index (χ1n) is 10.1. The van der Waals surface area contributed by atoms with Gasteiger partial charge in [-0.1, -0.05) is 12.8 Å². The first-order valence-corrected chi connectivity index (χ1v) is 10.1. The fraction of sp³-hybridized carbons (Fsp3) is 0.714. The van der Waals surface area contributed by atoms with Crippen LogP contribution in [0.5, 0.6) is 0 Å². The molecule has 3 aliphatic rings. The van der Waals surface area contributed by atoms with Gasteiger partial charge in [-0.05, 0) is 49.3 Å². The monoisotopic (exact) mass is 358 g/mol. The molecule has 4 rings (SSSR count). The van der Waals surface area contributed by atoms with Gasteiger partial charge in [0.2, 0.25) is 5.91 Å². The largest absolute Gasteiger partial charge is 0.372 e. The lowest BCUT2D eigenvalue weighted by Gasteiger charge is -2.39. The highest BCUT2D eigenvalue weighted by molar-refractivity contribution is 5.76. The number of ether oxygens (including phenoxy) is 2. The number of aromatic nitrogens is 1. The summed E-state index contributed by atoms with van der Waals surface area (Å²) < 4.78 is 12.2. The minimum Gasteiger partial charge on any atom is -0.372 e. The maximum atomic E-state index is 12.5. The van der Waals surface area contributed by atoms with Crippen LogP contribution in [-0.4, -0.2) is 47.2 Å². The molecule has 1 atom stereocenters. The number of amides is 1. The summed E-state index contributed by atoms with van der Waals surface area (Å²) in [7, 11) is 0. The van der Waals surface area contributed by atoms with E-state index in [0.29, 0.717) is 25.0 Å². The fourth-order valence-electron chi connectivity index (χ4n) is 4.71. The number of likely N-dealkylation sites (tertiary alicyclic amines) is 1. The molecule has 5 heteroatoms. The summed E-state index contributed by atoms with van der Waals surface area (Å²) in [4.78, 5) is 18.6. The normalized spacial score (nSPS) is 25.8. The standard InChI is InChI=1S/C21H30N2O3/c24-20(13-17-3-1-2-4-17)23-11-7-21(8-12-23)14-19(16-26-21)25-15-18-5-9-22-10-6-18/h5-6,9-10,17,19H,1-4,7-8,11-16H2. The van der Waals surface area contributed by atoms with Crippen LogP contribution in [0.3, 0.4) is 0 Å². The van der Waals surface area contributed by atoms with Crippen LogP contribution in [0.2, 0.25) is 0 Å². The number of hydrogen-bond donors (Lipinski definition) is 0. The van der Waals surface area contributed by atoms with Crippen molar-refractivity contribution in [2.45, 2.75) is 69.7 Å². The molecule has 0 bridgehead atoms. The highest BCUT2D eigenvalue weighted by Crippen LogP contribution is 2.38. The topological polar surface area (TPSA) is 51.7 Å². The zero-order valence-electron chi connectivity index (χ0n) is 15.6. The molecule has 0 radical (unpaired) electrons. The molecule has 1 amide bonds. The molecule has 1 saturated carbocycles. The Kier molecular flexibility index (Phi) is 5.55. The van der Waals surface area contributed by atoms with Gasteiger partial charge in [-0.25, -0.2) is 0 Å². The van der Waals surface area contributed by atoms with E-state index in [1.165, 1.54) is 25.7 Å². The van der Waals surface area contributed by atoms with Gasteiger partial charge in [-0.15, -0.1) is 0 Å². The Balaban J connectivity index is 1.22. The molecule has 2 aliphatic heterocycles. The second kappa shape index (κ2) is 8.05. The van der Waals surface area contributed by atoms with Gasteiger partial charge >= 0.3 is 0 Å². The van der Waals surface area contributed by atoms with Crippen LogP contribution in [0.15, 0.2) is 24.5 Å². The number of carbonyl (C=O) groups is 1. The van der Waals surface area contributed by atoms with E-state index in [1.807, 2.05) is 12.1 Å². The predicted octanol–water partition coefficient (Wildman–Crippen LogP) is 3.33. The average Bonchev–Trinajstić information content (AvgIpc) is 3.32. The van der Waals surface area contributed by atoms with Crippen molar-refractivity contribution in [1.29, 1.82) is 0 Å². The van der Waals surface area contributed by atoms with Crippen LogP contribution in [-0.2, 0) is 20.9 Å². The maximum Gasteiger partial charge on any atom is 0.222 e. The number of pyridine rings is 1. The van der Waals surface area contributed by atoms with Crippen molar-refractivity contribution in [2.75, 3.05) is 19.7 Å². The van der Waals surface area contributed by atoms with E-state index >= 15 is 0 Å².